The molecule has 0 saturated carbocycles. The minimum Gasteiger partial charge on any atom is -0.497 e. The molecule has 0 spiro atoms. The Labute approximate surface area is 222 Å². The summed E-state index contributed by atoms with van der Waals surface area (Å²) in [4.78, 5) is 31.3. The number of aliphatic hydroxyl groups is 1. The Morgan fingerprint density at radius 3 is 2.26 bits per heavy atom. The number of benzene rings is 2. The van der Waals surface area contributed by atoms with E-state index in [0.717, 1.165) is 0 Å². The number of carbonyl (C=O) groups is 2. The number of ether oxygens (including phenoxy) is 5. The highest BCUT2D eigenvalue weighted by Crippen LogP contribution is 2.58. The van der Waals surface area contributed by atoms with Crippen molar-refractivity contribution in [3.63, 3.8) is 0 Å². The van der Waals surface area contributed by atoms with Crippen molar-refractivity contribution >= 4 is 23.2 Å². The van der Waals surface area contributed by atoms with E-state index in [9.17, 15) is 14.7 Å². The molecule has 4 atom stereocenters. The van der Waals surface area contributed by atoms with Crippen LogP contribution < -0.4 is 19.3 Å². The maximum atomic E-state index is 14.2. The van der Waals surface area contributed by atoms with Gasteiger partial charge in [0.25, 0.3) is 11.8 Å². The summed E-state index contributed by atoms with van der Waals surface area (Å²) in [5.41, 5.74) is -3.07. The molecule has 0 radical (unpaired) electrons. The third-order valence-corrected chi connectivity index (χ3v) is 7.47. The predicted molar refractivity (Wildman–Crippen MR) is 138 cm³/mol. The number of nitrogens with zero attached hydrogens (tertiary/aromatic N) is 2. The van der Waals surface area contributed by atoms with Crippen molar-refractivity contribution in [1.82, 2.24) is 0 Å². The average Bonchev–Trinajstić information content (AvgIpc) is 3.35. The Bertz CT molecular complexity index is 1260. The predicted octanol–water partition coefficient (Wildman–Crippen LogP) is 2.60. The molecule has 2 saturated heterocycles. The van der Waals surface area contributed by atoms with E-state index in [1.54, 1.807) is 84.3 Å². The summed E-state index contributed by atoms with van der Waals surface area (Å²) in [6, 6.07) is 11.0. The second-order valence-electron chi connectivity index (χ2n) is 10.5. The van der Waals surface area contributed by atoms with Crippen molar-refractivity contribution in [3.8, 4) is 11.5 Å². The Hall–Kier alpha value is -3.18. The fourth-order valence-corrected chi connectivity index (χ4v) is 5.94. The van der Waals surface area contributed by atoms with Crippen molar-refractivity contribution in [1.29, 1.82) is 0 Å². The van der Waals surface area contributed by atoms with Gasteiger partial charge in [-0.3, -0.25) is 9.59 Å². The van der Waals surface area contributed by atoms with Crippen molar-refractivity contribution in [2.24, 2.45) is 0 Å². The third-order valence-electron chi connectivity index (χ3n) is 7.47. The second-order valence-corrected chi connectivity index (χ2v) is 10.5. The number of rotatable bonds is 7. The molecule has 2 fully saturated rings. The standard InChI is InChI=1S/C28H34N2O8/c1-16(2)37-28(19-9-8-10-20(35-7)22(19)29(5)25(28)32)27(33)23(21-15-36-26(3,4)38-21)30(24(27)31)17-11-13-18(34-6)14-12-17/h8-14,16,21,23,33H,15H2,1-7H3/t21-,23+,27-,28+/m1/s1. The highest BCUT2D eigenvalue weighted by Gasteiger charge is 2.80. The molecule has 3 aliphatic rings. The minimum atomic E-state index is -2.32. The molecule has 2 aromatic carbocycles. The zero-order chi connectivity index (χ0) is 27.6. The van der Waals surface area contributed by atoms with Crippen LogP contribution in [0.4, 0.5) is 11.4 Å². The summed E-state index contributed by atoms with van der Waals surface area (Å²) in [6.45, 7) is 7.15. The largest absolute Gasteiger partial charge is 0.497 e. The molecule has 5 rings (SSSR count). The number of likely N-dealkylation sites (N-methyl/N-ethyl adjacent to an activating group) is 1. The molecule has 0 aromatic heterocycles. The summed E-state index contributed by atoms with van der Waals surface area (Å²) >= 11 is 0. The van der Waals surface area contributed by atoms with Crippen molar-refractivity contribution in [3.05, 3.63) is 48.0 Å². The van der Waals surface area contributed by atoms with Crippen LogP contribution in [0.1, 0.15) is 33.3 Å². The fraction of sp³-hybridized carbons (Fsp3) is 0.500. The molecule has 10 nitrogen and oxygen atoms in total. The van der Waals surface area contributed by atoms with Crippen molar-refractivity contribution in [2.75, 3.05) is 37.7 Å². The van der Waals surface area contributed by atoms with Gasteiger partial charge >= 0.3 is 0 Å². The van der Waals surface area contributed by atoms with Gasteiger partial charge in [-0.25, -0.2) is 0 Å². The second kappa shape index (κ2) is 8.94. The molecule has 2 aromatic rings. The monoisotopic (exact) mass is 526 g/mol. The van der Waals surface area contributed by atoms with Gasteiger partial charge in [0.15, 0.2) is 5.79 Å². The zero-order valence-corrected chi connectivity index (χ0v) is 22.7. The van der Waals surface area contributed by atoms with E-state index in [-0.39, 0.29) is 6.61 Å². The molecule has 1 N–H and O–H groups in total. The first-order valence-electron chi connectivity index (χ1n) is 12.6. The number of fused-ring (bicyclic) bond motifs is 1. The van der Waals surface area contributed by atoms with Gasteiger partial charge in [-0.1, -0.05) is 12.1 Å². The van der Waals surface area contributed by atoms with E-state index < -0.39 is 47.1 Å². The smallest absolute Gasteiger partial charge is 0.267 e. The number of hydrogen-bond acceptors (Lipinski definition) is 8. The lowest BCUT2D eigenvalue weighted by Crippen LogP contribution is -2.86. The number of amides is 2. The normalized spacial score (nSPS) is 30.0. The lowest BCUT2D eigenvalue weighted by atomic mass is 9.64. The molecular formula is C28H34N2O8. The van der Waals surface area contributed by atoms with E-state index >= 15 is 0 Å². The molecule has 10 heteroatoms. The topological polar surface area (TPSA) is 107 Å². The van der Waals surface area contributed by atoms with Gasteiger partial charge in [-0.2, -0.15) is 0 Å². The Kier molecular flexibility index (Phi) is 6.22. The fourth-order valence-electron chi connectivity index (χ4n) is 5.94. The lowest BCUT2D eigenvalue weighted by Gasteiger charge is -2.59. The molecular weight excluding hydrogens is 492 g/mol. The van der Waals surface area contributed by atoms with Crippen molar-refractivity contribution < 1.29 is 38.4 Å². The lowest BCUT2D eigenvalue weighted by molar-refractivity contribution is -0.236. The maximum Gasteiger partial charge on any atom is 0.267 e. The van der Waals surface area contributed by atoms with E-state index in [2.05, 4.69) is 0 Å². The molecule has 0 aliphatic carbocycles. The first kappa shape index (κ1) is 26.4. The van der Waals surface area contributed by atoms with Gasteiger partial charge in [-0.05, 0) is 58.0 Å². The molecule has 0 bridgehead atoms. The highest BCUT2D eigenvalue weighted by molar-refractivity contribution is 6.18. The number of methoxy groups -OCH3 is 2. The quantitative estimate of drug-likeness (QED) is 0.549. The Balaban J connectivity index is 1.72. The van der Waals surface area contributed by atoms with E-state index in [1.807, 2.05) is 0 Å². The van der Waals surface area contributed by atoms with Gasteiger partial charge in [0, 0.05) is 18.3 Å². The van der Waals surface area contributed by atoms with Crippen molar-refractivity contribution in [2.45, 2.75) is 62.9 Å². The number of β-lactam (4-membered cyclic amide) rings is 1. The first-order valence-corrected chi connectivity index (χ1v) is 12.6. The minimum absolute atomic E-state index is 0.104. The number of hydrogen-bond donors (Lipinski definition) is 1. The molecule has 38 heavy (non-hydrogen) atoms. The van der Waals surface area contributed by atoms with Crippen LogP contribution in [0.25, 0.3) is 0 Å². The van der Waals surface area contributed by atoms with Gasteiger partial charge in [0.2, 0.25) is 11.2 Å². The Morgan fingerprint density at radius 2 is 1.71 bits per heavy atom. The molecule has 204 valence electrons. The molecule has 3 heterocycles. The van der Waals surface area contributed by atoms with Crippen LogP contribution in [0, 0.1) is 0 Å². The van der Waals surface area contributed by atoms with E-state index in [4.69, 9.17) is 23.7 Å². The van der Waals surface area contributed by atoms with Gasteiger partial charge in [0.1, 0.15) is 23.6 Å². The Morgan fingerprint density at radius 1 is 1.03 bits per heavy atom. The average molecular weight is 527 g/mol. The van der Waals surface area contributed by atoms with Crippen LogP contribution in [0.15, 0.2) is 42.5 Å². The van der Waals surface area contributed by atoms with Gasteiger partial charge in [0.05, 0.1) is 32.6 Å². The van der Waals surface area contributed by atoms with Crippen LogP contribution in [-0.4, -0.2) is 74.4 Å². The summed E-state index contributed by atoms with van der Waals surface area (Å²) in [5, 5.41) is 12.6. The summed E-state index contributed by atoms with van der Waals surface area (Å²) < 4.78 is 29.2. The number of anilines is 2. The third kappa shape index (κ3) is 3.47. The van der Waals surface area contributed by atoms with Crippen LogP contribution in [0.5, 0.6) is 11.5 Å². The SMILES string of the molecule is COc1ccc(N2C(=O)[C@@](O)([C@@]3(OC(C)C)C(=O)N(C)c4c(OC)cccc43)[C@@H]2[C@H]2COC(C)(C)O2)cc1. The summed E-state index contributed by atoms with van der Waals surface area (Å²) in [7, 11) is 4.63. The summed E-state index contributed by atoms with van der Waals surface area (Å²) in [5.74, 6) is -1.16. The highest BCUT2D eigenvalue weighted by atomic mass is 16.7. The maximum absolute atomic E-state index is 14.2. The summed E-state index contributed by atoms with van der Waals surface area (Å²) in [6.07, 6.45) is -1.27. The van der Waals surface area contributed by atoms with Gasteiger partial charge in [-0.15, -0.1) is 0 Å². The number of carbonyl (C=O) groups excluding carboxylic acids is 2. The van der Waals surface area contributed by atoms with Crippen LogP contribution in [-0.2, 0) is 29.4 Å². The van der Waals surface area contributed by atoms with Crippen LogP contribution in [0.2, 0.25) is 0 Å². The molecule has 2 amide bonds. The van der Waals surface area contributed by atoms with Gasteiger partial charge < -0.3 is 38.6 Å². The van der Waals surface area contributed by atoms with Crippen LogP contribution in [0.3, 0.4) is 0 Å². The van der Waals surface area contributed by atoms with E-state index in [0.29, 0.717) is 28.4 Å². The molecule has 3 aliphatic heterocycles. The zero-order valence-electron chi connectivity index (χ0n) is 22.7. The van der Waals surface area contributed by atoms with E-state index in [1.165, 1.54) is 16.9 Å². The first-order chi connectivity index (χ1) is 17.9. The molecule has 0 unspecified atom stereocenters. The number of para-hydroxylation sites is 1. The van der Waals surface area contributed by atoms with Crippen LogP contribution >= 0.6 is 0 Å².